The smallest absolute Gasteiger partial charge is 0.295 e. The number of hydrogen-bond acceptors (Lipinski definition) is 6. The van der Waals surface area contributed by atoms with E-state index in [1.807, 2.05) is 0 Å². The van der Waals surface area contributed by atoms with Crippen LogP contribution in [-0.4, -0.2) is 44.9 Å². The Hall–Kier alpha value is -3.88. The van der Waals surface area contributed by atoms with Gasteiger partial charge in [-0.1, -0.05) is 6.92 Å². The molecular formula is C26H25F2N5O2. The fourth-order valence-corrected chi connectivity index (χ4v) is 4.71. The zero-order chi connectivity index (χ0) is 24.5. The number of aromatic nitrogens is 3. The first-order chi connectivity index (χ1) is 16.9. The monoisotopic (exact) mass is 477 g/mol. The number of fused-ring (bicyclic) bond motifs is 1. The number of nitrogens with one attached hydrogen (secondary N) is 1. The molecule has 35 heavy (non-hydrogen) atoms. The van der Waals surface area contributed by atoms with E-state index in [1.54, 1.807) is 36.4 Å². The average molecular weight is 478 g/mol. The third-order valence-electron chi connectivity index (χ3n) is 6.61. The van der Waals surface area contributed by atoms with Crippen molar-refractivity contribution in [1.29, 1.82) is 0 Å². The second-order valence-corrected chi connectivity index (χ2v) is 8.86. The predicted molar refractivity (Wildman–Crippen MR) is 128 cm³/mol. The molecule has 1 aliphatic heterocycles. The van der Waals surface area contributed by atoms with Crippen LogP contribution in [0.1, 0.15) is 35.7 Å². The summed E-state index contributed by atoms with van der Waals surface area (Å²) in [5.41, 5.74) is 1.93. The van der Waals surface area contributed by atoms with Crippen molar-refractivity contribution < 1.29 is 18.0 Å². The molecule has 0 bridgehead atoms. The average Bonchev–Trinajstić information content (AvgIpc) is 3.26. The first-order valence-electron chi connectivity index (χ1n) is 11.6. The van der Waals surface area contributed by atoms with Crippen molar-refractivity contribution in [2.45, 2.75) is 32.7 Å². The molecule has 3 heterocycles. The topological polar surface area (TPSA) is 84.2 Å². The van der Waals surface area contributed by atoms with Crippen molar-refractivity contribution in [2.24, 2.45) is 5.92 Å². The molecule has 0 unspecified atom stereocenters. The Kier molecular flexibility index (Phi) is 6.15. The fraction of sp³-hybridized carbons (Fsp3) is 0.308. The lowest BCUT2D eigenvalue weighted by molar-refractivity contribution is 0.0538. The number of anilines is 1. The van der Waals surface area contributed by atoms with Gasteiger partial charge in [0.25, 0.3) is 11.9 Å². The Morgan fingerprint density at radius 3 is 2.80 bits per heavy atom. The van der Waals surface area contributed by atoms with Gasteiger partial charge in [-0.05, 0) is 61.6 Å². The number of piperidine rings is 1. The minimum Gasteiger partial charge on any atom is -0.424 e. The van der Waals surface area contributed by atoms with Gasteiger partial charge in [0, 0.05) is 37.1 Å². The number of benzene rings is 2. The highest BCUT2D eigenvalue weighted by Crippen LogP contribution is 2.31. The minimum atomic E-state index is -0.452. The van der Waals surface area contributed by atoms with Crippen LogP contribution >= 0.6 is 0 Å². The van der Waals surface area contributed by atoms with Gasteiger partial charge in [-0.15, -0.1) is 0 Å². The van der Waals surface area contributed by atoms with Crippen molar-refractivity contribution in [3.05, 3.63) is 71.6 Å². The zero-order valence-electron chi connectivity index (χ0n) is 19.5. The number of nitrogens with zero attached hydrogens (tertiary/aromatic N) is 4. The molecule has 1 saturated heterocycles. The van der Waals surface area contributed by atoms with Crippen LogP contribution in [0.3, 0.4) is 0 Å². The molecule has 2 aromatic carbocycles. The predicted octanol–water partition coefficient (Wildman–Crippen LogP) is 5.22. The number of rotatable bonds is 5. The van der Waals surface area contributed by atoms with Crippen LogP contribution in [0.5, 0.6) is 0 Å². The van der Waals surface area contributed by atoms with Gasteiger partial charge in [0.15, 0.2) is 11.4 Å². The lowest BCUT2D eigenvalue weighted by Gasteiger charge is -2.40. The van der Waals surface area contributed by atoms with Gasteiger partial charge in [0.1, 0.15) is 17.2 Å². The van der Waals surface area contributed by atoms with Gasteiger partial charge >= 0.3 is 0 Å². The van der Waals surface area contributed by atoms with Crippen molar-refractivity contribution in [1.82, 2.24) is 19.9 Å². The molecule has 4 aromatic rings. The second-order valence-electron chi connectivity index (χ2n) is 8.86. The number of amides is 1. The number of halogens is 2. The van der Waals surface area contributed by atoms with Crippen LogP contribution < -0.4 is 5.32 Å². The van der Waals surface area contributed by atoms with Crippen molar-refractivity contribution >= 4 is 23.0 Å². The second kappa shape index (κ2) is 9.40. The Labute approximate surface area is 201 Å². The van der Waals surface area contributed by atoms with Crippen molar-refractivity contribution in [2.75, 3.05) is 18.4 Å². The van der Waals surface area contributed by atoms with Gasteiger partial charge in [0.05, 0.1) is 11.6 Å². The molecule has 0 aliphatic carbocycles. The first-order valence-corrected chi connectivity index (χ1v) is 11.6. The summed E-state index contributed by atoms with van der Waals surface area (Å²) in [5, 5.41) is 3.17. The maximum Gasteiger partial charge on any atom is 0.295 e. The molecule has 9 heteroatoms. The molecule has 2 atom stereocenters. The van der Waals surface area contributed by atoms with Crippen LogP contribution in [0.15, 0.2) is 53.2 Å². The zero-order valence-corrected chi connectivity index (χ0v) is 19.5. The van der Waals surface area contributed by atoms with Crippen molar-refractivity contribution in [3.8, 4) is 11.4 Å². The fourth-order valence-electron chi connectivity index (χ4n) is 4.71. The highest BCUT2D eigenvalue weighted by atomic mass is 19.1. The van der Waals surface area contributed by atoms with Crippen LogP contribution in [-0.2, 0) is 0 Å². The van der Waals surface area contributed by atoms with Crippen LogP contribution in [0.2, 0.25) is 0 Å². The van der Waals surface area contributed by atoms with Gasteiger partial charge in [-0.25, -0.2) is 18.7 Å². The number of carbonyl (C=O) groups excluding carboxylic acids is 1. The third kappa shape index (κ3) is 4.45. The molecule has 1 aliphatic rings. The molecule has 2 aromatic heterocycles. The van der Waals surface area contributed by atoms with E-state index in [-0.39, 0.29) is 35.0 Å². The van der Waals surface area contributed by atoms with Gasteiger partial charge < -0.3 is 14.6 Å². The van der Waals surface area contributed by atoms with Crippen LogP contribution in [0, 0.1) is 24.5 Å². The van der Waals surface area contributed by atoms with E-state index in [0.29, 0.717) is 35.6 Å². The molecule has 7 nitrogen and oxygen atoms in total. The Bertz CT molecular complexity index is 1380. The molecule has 0 spiro atoms. The standard InChI is InChI=1S/C26H25F2N5O2/c1-15-5-3-12-33(21(15)14-31-26-32-20-13-17(27)6-9-22(20)35-26)25(34)23-16(2)19(28)8-7-18(23)24-29-10-4-11-30-24/h4,6-11,13,15,21H,3,5,12,14H2,1-2H3,(H,31,32)/t15-,21-/m1/s1. The minimum absolute atomic E-state index is 0.185. The van der Waals surface area contributed by atoms with E-state index in [4.69, 9.17) is 4.42 Å². The highest BCUT2D eigenvalue weighted by Gasteiger charge is 2.35. The summed E-state index contributed by atoms with van der Waals surface area (Å²) in [6, 6.07) is 8.82. The molecular weight excluding hydrogens is 452 g/mol. The van der Waals surface area contributed by atoms with E-state index in [0.717, 1.165) is 12.8 Å². The summed E-state index contributed by atoms with van der Waals surface area (Å²) in [6.45, 7) is 4.62. The maximum atomic E-state index is 14.6. The van der Waals surface area contributed by atoms with Crippen LogP contribution in [0.25, 0.3) is 22.5 Å². The largest absolute Gasteiger partial charge is 0.424 e. The van der Waals surface area contributed by atoms with E-state index >= 15 is 0 Å². The van der Waals surface area contributed by atoms with Gasteiger partial charge in [-0.2, -0.15) is 4.98 Å². The maximum absolute atomic E-state index is 14.6. The van der Waals surface area contributed by atoms with E-state index < -0.39 is 11.6 Å². The third-order valence-corrected chi connectivity index (χ3v) is 6.61. The Morgan fingerprint density at radius 2 is 2.00 bits per heavy atom. The lowest BCUT2D eigenvalue weighted by atomic mass is 9.89. The Morgan fingerprint density at radius 1 is 1.20 bits per heavy atom. The van der Waals surface area contributed by atoms with E-state index in [2.05, 4.69) is 27.2 Å². The number of hydrogen-bond donors (Lipinski definition) is 1. The number of oxazole rings is 1. The van der Waals surface area contributed by atoms with Crippen molar-refractivity contribution in [3.63, 3.8) is 0 Å². The van der Waals surface area contributed by atoms with Gasteiger partial charge in [-0.3, -0.25) is 4.79 Å². The quantitative estimate of drug-likeness (QED) is 0.424. The first kappa shape index (κ1) is 22.9. The molecule has 0 saturated carbocycles. The summed E-state index contributed by atoms with van der Waals surface area (Å²) in [7, 11) is 0. The summed E-state index contributed by atoms with van der Waals surface area (Å²) in [6.07, 6.45) is 4.98. The van der Waals surface area contributed by atoms with E-state index in [9.17, 15) is 13.6 Å². The lowest BCUT2D eigenvalue weighted by Crippen LogP contribution is -2.51. The Balaban J connectivity index is 1.45. The molecule has 5 rings (SSSR count). The highest BCUT2D eigenvalue weighted by molar-refractivity contribution is 6.01. The molecule has 1 N–H and O–H groups in total. The summed E-state index contributed by atoms with van der Waals surface area (Å²) < 4.78 is 33.8. The number of likely N-dealkylation sites (tertiary alicyclic amines) is 1. The van der Waals surface area contributed by atoms with E-state index in [1.165, 1.54) is 24.3 Å². The van der Waals surface area contributed by atoms with Gasteiger partial charge in [0.2, 0.25) is 0 Å². The molecule has 0 radical (unpaired) electrons. The van der Waals surface area contributed by atoms with Crippen LogP contribution in [0.4, 0.5) is 14.8 Å². The summed E-state index contributed by atoms with van der Waals surface area (Å²) in [5.74, 6) is -0.544. The normalized spacial score (nSPS) is 18.1. The molecule has 1 fully saturated rings. The molecule has 180 valence electrons. The number of carbonyl (C=O) groups is 1. The summed E-state index contributed by atoms with van der Waals surface area (Å²) >= 11 is 0. The SMILES string of the molecule is Cc1c(F)ccc(-c2ncccn2)c1C(=O)N1CCC[C@@H](C)[C@H]1CNc1nc2cc(F)ccc2o1. The molecule has 1 amide bonds. The summed E-state index contributed by atoms with van der Waals surface area (Å²) in [4.78, 5) is 28.6.